The largest absolute Gasteiger partial charge is 0.306 e. The van der Waals surface area contributed by atoms with Crippen molar-refractivity contribution >= 4 is 28.6 Å². The zero-order valence-corrected chi connectivity index (χ0v) is 20.6. The highest BCUT2D eigenvalue weighted by atomic mass is 35.5. The minimum absolute atomic E-state index is 0.164. The molecule has 0 radical (unpaired) electrons. The van der Waals surface area contributed by atoms with Crippen LogP contribution in [0.5, 0.6) is 0 Å². The molecule has 0 aliphatic carbocycles. The first-order valence-corrected chi connectivity index (χ1v) is 12.1. The first kappa shape index (κ1) is 25.2. The van der Waals surface area contributed by atoms with E-state index in [9.17, 15) is 23.7 Å². The molecule has 38 heavy (non-hydrogen) atoms. The standard InChI is InChI=1S/C29H20ClF2N3O3/c30-22-5-10-27(35(37)38)25(16-22)20-11-12-34(29(36)15-20)28(13-18-1-6-23(31)7-2-18)26-14-21(17-33-26)19-3-8-24(32)9-4-19/h1-12,15-17,28H,13-14H2/t28-/m0/s1. The van der Waals surface area contributed by atoms with Gasteiger partial charge in [-0.3, -0.25) is 19.9 Å². The normalized spacial score (nSPS) is 13.7. The molecule has 1 atom stereocenters. The topological polar surface area (TPSA) is 77.5 Å². The molecule has 0 saturated carbocycles. The van der Waals surface area contributed by atoms with Crippen LogP contribution in [0.1, 0.15) is 23.6 Å². The van der Waals surface area contributed by atoms with Crippen molar-refractivity contribution < 1.29 is 13.7 Å². The lowest BCUT2D eigenvalue weighted by atomic mass is 9.95. The smallest absolute Gasteiger partial charge is 0.277 e. The predicted octanol–water partition coefficient (Wildman–Crippen LogP) is 7.02. The number of hydrogen-bond acceptors (Lipinski definition) is 4. The van der Waals surface area contributed by atoms with Crippen LogP contribution in [0.3, 0.4) is 0 Å². The van der Waals surface area contributed by atoms with Crippen LogP contribution >= 0.6 is 11.6 Å². The molecule has 0 N–H and O–H groups in total. The van der Waals surface area contributed by atoms with Crippen LogP contribution in [0.4, 0.5) is 14.5 Å². The third-order valence-electron chi connectivity index (χ3n) is 6.45. The number of pyridine rings is 1. The number of nitro benzene ring substituents is 1. The van der Waals surface area contributed by atoms with Crippen molar-refractivity contribution in [1.82, 2.24) is 4.57 Å². The predicted molar refractivity (Wildman–Crippen MR) is 143 cm³/mol. The van der Waals surface area contributed by atoms with Crippen LogP contribution in [0.25, 0.3) is 16.7 Å². The molecule has 6 nitrogen and oxygen atoms in total. The minimum Gasteiger partial charge on any atom is -0.306 e. The van der Waals surface area contributed by atoms with Crippen molar-refractivity contribution in [2.75, 3.05) is 0 Å². The van der Waals surface area contributed by atoms with Gasteiger partial charge in [-0.2, -0.15) is 0 Å². The molecule has 0 saturated heterocycles. The number of nitro groups is 1. The second-order valence-electron chi connectivity index (χ2n) is 8.88. The maximum absolute atomic E-state index is 13.5. The van der Waals surface area contributed by atoms with Gasteiger partial charge in [-0.05, 0) is 71.1 Å². The molecule has 4 aromatic rings. The molecule has 3 aromatic carbocycles. The van der Waals surface area contributed by atoms with Gasteiger partial charge in [0.1, 0.15) is 11.6 Å². The van der Waals surface area contributed by atoms with E-state index in [1.807, 2.05) is 0 Å². The van der Waals surface area contributed by atoms with Gasteiger partial charge in [0.25, 0.3) is 11.2 Å². The quantitative estimate of drug-likeness (QED) is 0.190. The summed E-state index contributed by atoms with van der Waals surface area (Å²) in [7, 11) is 0. The average Bonchev–Trinajstić information content (AvgIpc) is 3.39. The van der Waals surface area contributed by atoms with E-state index in [2.05, 4.69) is 4.99 Å². The molecule has 0 fully saturated rings. The van der Waals surface area contributed by atoms with Crippen LogP contribution in [-0.2, 0) is 6.42 Å². The summed E-state index contributed by atoms with van der Waals surface area (Å²) in [5.41, 5.74) is 3.25. The Labute approximate surface area is 221 Å². The van der Waals surface area contributed by atoms with Gasteiger partial charge in [0.15, 0.2) is 0 Å². The molecular weight excluding hydrogens is 512 g/mol. The van der Waals surface area contributed by atoms with E-state index in [0.29, 0.717) is 29.1 Å². The van der Waals surface area contributed by atoms with Gasteiger partial charge in [0.2, 0.25) is 0 Å². The number of allylic oxidation sites excluding steroid dienone is 1. The fourth-order valence-corrected chi connectivity index (χ4v) is 4.70. The highest BCUT2D eigenvalue weighted by molar-refractivity contribution is 6.31. The summed E-state index contributed by atoms with van der Waals surface area (Å²) >= 11 is 6.08. The van der Waals surface area contributed by atoms with E-state index in [0.717, 1.165) is 16.7 Å². The average molecular weight is 532 g/mol. The second-order valence-corrected chi connectivity index (χ2v) is 9.32. The minimum atomic E-state index is -0.523. The molecule has 0 spiro atoms. The van der Waals surface area contributed by atoms with Gasteiger partial charge >= 0.3 is 0 Å². The van der Waals surface area contributed by atoms with Crippen molar-refractivity contribution in [2.45, 2.75) is 18.9 Å². The van der Waals surface area contributed by atoms with Crippen LogP contribution in [0.15, 0.2) is 101 Å². The molecular formula is C29H20ClF2N3O3. The monoisotopic (exact) mass is 531 g/mol. The highest BCUT2D eigenvalue weighted by Crippen LogP contribution is 2.33. The molecule has 1 aliphatic heterocycles. The van der Waals surface area contributed by atoms with Crippen molar-refractivity contribution in [3.05, 3.63) is 140 Å². The van der Waals surface area contributed by atoms with Crippen LogP contribution < -0.4 is 5.56 Å². The Bertz CT molecular complexity index is 1650. The summed E-state index contributed by atoms with van der Waals surface area (Å²) < 4.78 is 28.5. The zero-order chi connectivity index (χ0) is 26.8. The second kappa shape index (κ2) is 10.5. The zero-order valence-electron chi connectivity index (χ0n) is 19.9. The number of nitrogens with zero attached hydrogens (tertiary/aromatic N) is 3. The summed E-state index contributed by atoms with van der Waals surface area (Å²) in [5, 5.41) is 11.9. The molecule has 9 heteroatoms. The number of halogens is 3. The maximum atomic E-state index is 13.5. The third kappa shape index (κ3) is 5.31. The molecule has 1 aromatic heterocycles. The summed E-state index contributed by atoms with van der Waals surface area (Å²) in [6, 6.07) is 18.8. The number of rotatable bonds is 7. The first-order chi connectivity index (χ1) is 18.3. The Morgan fingerprint density at radius 3 is 2.29 bits per heavy atom. The van der Waals surface area contributed by atoms with Gasteiger partial charge in [0, 0.05) is 41.7 Å². The van der Waals surface area contributed by atoms with Crippen LogP contribution in [0.2, 0.25) is 5.02 Å². The van der Waals surface area contributed by atoms with E-state index in [1.165, 1.54) is 53.1 Å². The van der Waals surface area contributed by atoms with Crippen LogP contribution in [0, 0.1) is 21.7 Å². The van der Waals surface area contributed by atoms with E-state index in [4.69, 9.17) is 11.6 Å². The Kier molecular flexibility index (Phi) is 6.98. The van der Waals surface area contributed by atoms with Crippen molar-refractivity contribution in [2.24, 2.45) is 4.99 Å². The fraction of sp³-hybridized carbons (Fsp3) is 0.103. The van der Waals surface area contributed by atoms with Crippen molar-refractivity contribution in [3.63, 3.8) is 0 Å². The molecule has 2 heterocycles. The van der Waals surface area contributed by atoms with Crippen LogP contribution in [-0.4, -0.2) is 15.2 Å². The first-order valence-electron chi connectivity index (χ1n) is 11.7. The lowest BCUT2D eigenvalue weighted by Gasteiger charge is -2.21. The van der Waals surface area contributed by atoms with Gasteiger partial charge in [-0.1, -0.05) is 35.9 Å². The van der Waals surface area contributed by atoms with Crippen molar-refractivity contribution in [3.8, 4) is 11.1 Å². The molecule has 0 unspecified atom stereocenters. The van der Waals surface area contributed by atoms with Gasteiger partial charge in [-0.25, -0.2) is 8.78 Å². The Hall–Kier alpha value is -4.43. The number of aromatic nitrogens is 1. The Balaban J connectivity index is 1.51. The van der Waals surface area contributed by atoms with E-state index >= 15 is 0 Å². The number of aliphatic imine (C=N–C) groups is 1. The maximum Gasteiger partial charge on any atom is 0.277 e. The molecule has 1 aliphatic rings. The number of hydrogen-bond donors (Lipinski definition) is 0. The fourth-order valence-electron chi connectivity index (χ4n) is 4.53. The lowest BCUT2D eigenvalue weighted by Crippen LogP contribution is -2.30. The SMILES string of the molecule is O=c1cc(-c2cc(Cl)ccc2[N+](=O)[O-])ccn1[C@@H](Cc1ccc(F)cc1)C1=NC=C(c2ccc(F)cc2)C1. The van der Waals surface area contributed by atoms with Crippen molar-refractivity contribution in [1.29, 1.82) is 0 Å². The summed E-state index contributed by atoms with van der Waals surface area (Å²) in [6.07, 6.45) is 4.08. The van der Waals surface area contributed by atoms with Gasteiger partial charge in [0.05, 0.1) is 16.5 Å². The highest BCUT2D eigenvalue weighted by Gasteiger charge is 2.25. The summed E-state index contributed by atoms with van der Waals surface area (Å²) in [4.78, 5) is 29.0. The van der Waals surface area contributed by atoms with E-state index in [-0.39, 0.29) is 28.4 Å². The summed E-state index contributed by atoms with van der Waals surface area (Å²) in [5.74, 6) is -0.706. The van der Waals surface area contributed by atoms with Gasteiger partial charge in [-0.15, -0.1) is 0 Å². The van der Waals surface area contributed by atoms with Gasteiger partial charge < -0.3 is 4.57 Å². The van der Waals surface area contributed by atoms with E-state index in [1.54, 1.807) is 42.7 Å². The lowest BCUT2D eigenvalue weighted by molar-refractivity contribution is -0.384. The molecule has 190 valence electrons. The molecule has 0 bridgehead atoms. The number of benzene rings is 3. The van der Waals surface area contributed by atoms with E-state index < -0.39 is 11.0 Å². The molecule has 0 amide bonds. The Morgan fingerprint density at radius 1 is 0.947 bits per heavy atom. The third-order valence-corrected chi connectivity index (χ3v) is 6.69. The molecule has 5 rings (SSSR count). The Morgan fingerprint density at radius 2 is 1.63 bits per heavy atom. The summed E-state index contributed by atoms with van der Waals surface area (Å²) in [6.45, 7) is 0.